The largest absolute Gasteiger partial charge is 0.465 e. The van der Waals surface area contributed by atoms with Crippen LogP contribution in [0.5, 0.6) is 0 Å². The van der Waals surface area contributed by atoms with Crippen LogP contribution in [0.25, 0.3) is 0 Å². The van der Waals surface area contributed by atoms with Crippen molar-refractivity contribution in [1.82, 2.24) is 0 Å². The zero-order valence-corrected chi connectivity index (χ0v) is 7.76. The van der Waals surface area contributed by atoms with E-state index in [0.717, 1.165) is 0 Å². The van der Waals surface area contributed by atoms with Crippen LogP contribution in [0.2, 0.25) is 5.02 Å². The average molecular weight is 195 g/mol. The molecule has 0 amide bonds. The minimum absolute atomic E-state index is 0.291. The van der Waals surface area contributed by atoms with Gasteiger partial charge in [-0.1, -0.05) is 17.5 Å². The minimum Gasteiger partial charge on any atom is -0.465 e. The number of esters is 1. The summed E-state index contributed by atoms with van der Waals surface area (Å²) in [5.74, 6) is 1.92. The first-order valence-electron chi connectivity index (χ1n) is 3.53. The summed E-state index contributed by atoms with van der Waals surface area (Å²) in [5, 5.41) is 0.339. The van der Waals surface area contributed by atoms with Crippen LogP contribution in [0.1, 0.15) is 15.9 Å². The lowest BCUT2D eigenvalue weighted by Crippen LogP contribution is -2.02. The van der Waals surface area contributed by atoms with Crippen molar-refractivity contribution >= 4 is 17.6 Å². The summed E-state index contributed by atoms with van der Waals surface area (Å²) in [6, 6.07) is 4.76. The van der Waals surface area contributed by atoms with Gasteiger partial charge in [0.25, 0.3) is 0 Å². The molecule has 0 spiro atoms. The predicted octanol–water partition coefficient (Wildman–Crippen LogP) is 2.11. The molecule has 0 N–H and O–H groups in total. The molecule has 1 aromatic rings. The molecule has 0 aliphatic heterocycles. The molecule has 3 heteroatoms. The molecule has 66 valence electrons. The number of carbonyl (C=O) groups excluding carboxylic acids is 1. The standard InChI is InChI=1S/C10H7ClO2/c1-3-7-4-5-9(11)8(6-7)10(12)13-2/h1,4-6H,2H3. The van der Waals surface area contributed by atoms with Gasteiger partial charge in [-0.15, -0.1) is 6.42 Å². The van der Waals surface area contributed by atoms with Gasteiger partial charge < -0.3 is 4.74 Å². The SMILES string of the molecule is C#Cc1ccc(Cl)c(C(=O)OC)c1. The highest BCUT2D eigenvalue weighted by molar-refractivity contribution is 6.33. The molecule has 0 saturated heterocycles. The van der Waals surface area contributed by atoms with Gasteiger partial charge in [-0.25, -0.2) is 4.79 Å². The Morgan fingerprint density at radius 2 is 2.31 bits per heavy atom. The number of carbonyl (C=O) groups is 1. The third kappa shape index (κ3) is 2.01. The van der Waals surface area contributed by atoms with Gasteiger partial charge in [0.05, 0.1) is 17.7 Å². The van der Waals surface area contributed by atoms with Crippen molar-refractivity contribution in [3.8, 4) is 12.3 Å². The van der Waals surface area contributed by atoms with E-state index in [1.807, 2.05) is 0 Å². The van der Waals surface area contributed by atoms with E-state index >= 15 is 0 Å². The quantitative estimate of drug-likeness (QED) is 0.506. The number of terminal acetylenes is 1. The fraction of sp³-hybridized carbons (Fsp3) is 0.100. The predicted molar refractivity (Wildman–Crippen MR) is 50.7 cm³/mol. The van der Waals surface area contributed by atoms with E-state index < -0.39 is 5.97 Å². The Bertz CT molecular complexity index is 377. The molecule has 0 saturated carbocycles. The molecular weight excluding hydrogens is 188 g/mol. The van der Waals surface area contributed by atoms with E-state index in [4.69, 9.17) is 18.0 Å². The molecule has 0 bridgehead atoms. The Morgan fingerprint density at radius 3 is 2.85 bits per heavy atom. The molecule has 0 radical (unpaired) electrons. The monoisotopic (exact) mass is 194 g/mol. The van der Waals surface area contributed by atoms with Gasteiger partial charge in [0.1, 0.15) is 0 Å². The minimum atomic E-state index is -0.484. The normalized spacial score (nSPS) is 9.00. The zero-order valence-electron chi connectivity index (χ0n) is 7.00. The molecule has 0 fully saturated rings. The highest BCUT2D eigenvalue weighted by Gasteiger charge is 2.10. The van der Waals surface area contributed by atoms with Crippen molar-refractivity contribution < 1.29 is 9.53 Å². The second-order valence-electron chi connectivity index (χ2n) is 2.33. The molecule has 0 aromatic heterocycles. The van der Waals surface area contributed by atoms with Gasteiger partial charge in [0, 0.05) is 5.56 Å². The van der Waals surface area contributed by atoms with Crippen LogP contribution < -0.4 is 0 Å². The van der Waals surface area contributed by atoms with E-state index in [2.05, 4.69) is 10.7 Å². The molecule has 0 unspecified atom stereocenters. The average Bonchev–Trinajstić information content (AvgIpc) is 2.17. The molecular formula is C10H7ClO2. The van der Waals surface area contributed by atoms with Crippen LogP contribution in [-0.2, 0) is 4.74 Å². The van der Waals surface area contributed by atoms with Crippen LogP contribution in [0.15, 0.2) is 18.2 Å². The molecule has 0 heterocycles. The number of hydrogen-bond donors (Lipinski definition) is 0. The second kappa shape index (κ2) is 3.97. The Hall–Kier alpha value is -1.46. The maximum Gasteiger partial charge on any atom is 0.339 e. The highest BCUT2D eigenvalue weighted by Crippen LogP contribution is 2.17. The van der Waals surface area contributed by atoms with E-state index in [0.29, 0.717) is 16.1 Å². The first-order chi connectivity index (χ1) is 6.19. The lowest BCUT2D eigenvalue weighted by atomic mass is 10.1. The fourth-order valence-electron chi connectivity index (χ4n) is 0.881. The summed E-state index contributed by atoms with van der Waals surface area (Å²) in [6.45, 7) is 0. The second-order valence-corrected chi connectivity index (χ2v) is 2.74. The molecule has 1 aromatic carbocycles. The topological polar surface area (TPSA) is 26.3 Å². The number of halogens is 1. The van der Waals surface area contributed by atoms with Crippen LogP contribution in [-0.4, -0.2) is 13.1 Å². The number of hydrogen-bond acceptors (Lipinski definition) is 2. The lowest BCUT2D eigenvalue weighted by Gasteiger charge is -2.01. The number of ether oxygens (including phenoxy) is 1. The Balaban J connectivity index is 3.20. The van der Waals surface area contributed by atoms with Gasteiger partial charge >= 0.3 is 5.97 Å². The molecule has 1 rings (SSSR count). The van der Waals surface area contributed by atoms with Gasteiger partial charge in [-0.2, -0.15) is 0 Å². The first-order valence-corrected chi connectivity index (χ1v) is 3.91. The molecule has 0 aliphatic carbocycles. The highest BCUT2D eigenvalue weighted by atomic mass is 35.5. The number of benzene rings is 1. The summed E-state index contributed by atoms with van der Waals surface area (Å²) >= 11 is 5.76. The van der Waals surface area contributed by atoms with Gasteiger partial charge in [-0.3, -0.25) is 0 Å². The Labute approximate surface area is 81.5 Å². The van der Waals surface area contributed by atoms with Gasteiger partial charge in [0.2, 0.25) is 0 Å². The van der Waals surface area contributed by atoms with Gasteiger partial charge in [-0.05, 0) is 18.2 Å². The summed E-state index contributed by atoms with van der Waals surface area (Å²) in [4.78, 5) is 11.1. The van der Waals surface area contributed by atoms with Crippen LogP contribution in [0, 0.1) is 12.3 Å². The fourth-order valence-corrected chi connectivity index (χ4v) is 1.08. The third-order valence-corrected chi connectivity index (χ3v) is 1.87. The molecule has 2 nitrogen and oxygen atoms in total. The third-order valence-electron chi connectivity index (χ3n) is 1.54. The Morgan fingerprint density at radius 1 is 1.62 bits per heavy atom. The molecule has 0 aliphatic rings. The van der Waals surface area contributed by atoms with Crippen molar-refractivity contribution in [3.63, 3.8) is 0 Å². The van der Waals surface area contributed by atoms with E-state index in [1.165, 1.54) is 13.2 Å². The van der Waals surface area contributed by atoms with Crippen molar-refractivity contribution in [2.24, 2.45) is 0 Å². The summed E-state index contributed by atoms with van der Waals surface area (Å²) in [6.07, 6.45) is 5.17. The maximum absolute atomic E-state index is 11.1. The summed E-state index contributed by atoms with van der Waals surface area (Å²) in [5.41, 5.74) is 0.893. The van der Waals surface area contributed by atoms with E-state index in [-0.39, 0.29) is 0 Å². The summed E-state index contributed by atoms with van der Waals surface area (Å²) in [7, 11) is 1.29. The van der Waals surface area contributed by atoms with Gasteiger partial charge in [0.15, 0.2) is 0 Å². The number of rotatable bonds is 1. The van der Waals surface area contributed by atoms with E-state index in [9.17, 15) is 4.79 Å². The first kappa shape index (κ1) is 9.63. The summed E-state index contributed by atoms with van der Waals surface area (Å²) < 4.78 is 4.52. The van der Waals surface area contributed by atoms with Crippen LogP contribution >= 0.6 is 11.6 Å². The Kier molecular flexibility index (Phi) is 2.94. The van der Waals surface area contributed by atoms with Crippen LogP contribution in [0.4, 0.5) is 0 Å². The zero-order chi connectivity index (χ0) is 9.84. The lowest BCUT2D eigenvalue weighted by molar-refractivity contribution is 0.0601. The maximum atomic E-state index is 11.1. The number of methoxy groups -OCH3 is 1. The molecule has 13 heavy (non-hydrogen) atoms. The van der Waals surface area contributed by atoms with Crippen molar-refractivity contribution in [2.45, 2.75) is 0 Å². The molecule has 0 atom stereocenters. The van der Waals surface area contributed by atoms with Crippen molar-refractivity contribution in [3.05, 3.63) is 34.3 Å². The smallest absolute Gasteiger partial charge is 0.339 e. The van der Waals surface area contributed by atoms with Crippen LogP contribution in [0.3, 0.4) is 0 Å². The van der Waals surface area contributed by atoms with Crippen molar-refractivity contribution in [1.29, 1.82) is 0 Å². The van der Waals surface area contributed by atoms with E-state index in [1.54, 1.807) is 12.1 Å². The van der Waals surface area contributed by atoms with Crippen molar-refractivity contribution in [2.75, 3.05) is 7.11 Å².